The molecule has 0 atom stereocenters. The van der Waals surface area contributed by atoms with Crippen molar-refractivity contribution < 1.29 is 4.79 Å². The number of hydrogen-bond acceptors (Lipinski definition) is 4. The van der Waals surface area contributed by atoms with Gasteiger partial charge in [0, 0.05) is 13.1 Å². The molecule has 0 saturated carbocycles. The van der Waals surface area contributed by atoms with Gasteiger partial charge in [-0.1, -0.05) is 25.4 Å². The molecule has 0 saturated heterocycles. The van der Waals surface area contributed by atoms with E-state index < -0.39 is 0 Å². The van der Waals surface area contributed by atoms with Crippen LogP contribution in [0, 0.1) is 17.2 Å². The maximum Gasteiger partial charge on any atom is 0.274 e. The average molecular weight is 267 g/mol. The van der Waals surface area contributed by atoms with Gasteiger partial charge in [0.25, 0.3) is 5.91 Å². The van der Waals surface area contributed by atoms with Crippen molar-refractivity contribution in [3.63, 3.8) is 0 Å². The van der Waals surface area contributed by atoms with Gasteiger partial charge in [-0.15, -0.1) is 10.2 Å². The molecule has 0 radical (unpaired) electrons. The van der Waals surface area contributed by atoms with Crippen LogP contribution in [0.25, 0.3) is 0 Å². The third-order valence-corrected chi connectivity index (χ3v) is 2.42. The number of aromatic nitrogens is 2. The van der Waals surface area contributed by atoms with Crippen LogP contribution in [0.2, 0.25) is 5.15 Å². The number of carbonyl (C=O) groups is 1. The van der Waals surface area contributed by atoms with E-state index in [1.54, 1.807) is 4.90 Å². The van der Waals surface area contributed by atoms with Crippen molar-refractivity contribution in [1.29, 1.82) is 5.26 Å². The van der Waals surface area contributed by atoms with Gasteiger partial charge in [-0.2, -0.15) is 5.26 Å². The second-order valence-corrected chi connectivity index (χ2v) is 4.68. The highest BCUT2D eigenvalue weighted by molar-refractivity contribution is 6.29. The molecular weight excluding hydrogens is 252 g/mol. The third kappa shape index (κ3) is 4.30. The Balaban J connectivity index is 2.81. The average Bonchev–Trinajstić information content (AvgIpc) is 2.34. The van der Waals surface area contributed by atoms with Crippen molar-refractivity contribution >= 4 is 17.5 Å². The highest BCUT2D eigenvalue weighted by Crippen LogP contribution is 2.08. The van der Waals surface area contributed by atoms with Crippen LogP contribution in [0.1, 0.15) is 30.8 Å². The molecule has 1 amide bonds. The topological polar surface area (TPSA) is 69.9 Å². The van der Waals surface area contributed by atoms with E-state index >= 15 is 0 Å². The van der Waals surface area contributed by atoms with Crippen LogP contribution in [-0.2, 0) is 0 Å². The summed E-state index contributed by atoms with van der Waals surface area (Å²) in [6.07, 6.45) is 0.305. The molecule has 0 aromatic carbocycles. The van der Waals surface area contributed by atoms with Gasteiger partial charge in [0.05, 0.1) is 12.5 Å². The van der Waals surface area contributed by atoms with Crippen LogP contribution in [0.4, 0.5) is 0 Å². The first-order valence-electron chi connectivity index (χ1n) is 5.70. The normalized spacial score (nSPS) is 10.2. The molecule has 1 aromatic rings. The van der Waals surface area contributed by atoms with Gasteiger partial charge in [-0.25, -0.2) is 0 Å². The molecule has 0 spiro atoms. The van der Waals surface area contributed by atoms with Crippen molar-refractivity contribution in [2.45, 2.75) is 20.3 Å². The minimum absolute atomic E-state index is 0.219. The van der Waals surface area contributed by atoms with E-state index in [0.717, 1.165) is 0 Å². The third-order valence-electron chi connectivity index (χ3n) is 2.22. The summed E-state index contributed by atoms with van der Waals surface area (Å²) in [6.45, 7) is 5.02. The van der Waals surface area contributed by atoms with Gasteiger partial charge >= 0.3 is 0 Å². The Morgan fingerprint density at radius 3 is 2.72 bits per heavy atom. The summed E-state index contributed by atoms with van der Waals surface area (Å²) in [7, 11) is 0. The van der Waals surface area contributed by atoms with Crippen molar-refractivity contribution in [2.24, 2.45) is 5.92 Å². The zero-order valence-electron chi connectivity index (χ0n) is 10.4. The SMILES string of the molecule is CC(C)CN(CCC#N)C(=O)c1ccc(Cl)nn1. The Kier molecular flexibility index (Phi) is 5.53. The van der Waals surface area contributed by atoms with Crippen molar-refractivity contribution in [3.05, 3.63) is 23.0 Å². The van der Waals surface area contributed by atoms with Crippen molar-refractivity contribution in [3.8, 4) is 6.07 Å². The predicted molar refractivity (Wildman–Crippen MR) is 68.0 cm³/mol. The maximum atomic E-state index is 12.2. The van der Waals surface area contributed by atoms with Crippen molar-refractivity contribution in [1.82, 2.24) is 15.1 Å². The first kappa shape index (κ1) is 14.4. The summed E-state index contributed by atoms with van der Waals surface area (Å²) in [5, 5.41) is 16.3. The van der Waals surface area contributed by atoms with E-state index in [-0.39, 0.29) is 16.8 Å². The fourth-order valence-electron chi connectivity index (χ4n) is 1.49. The number of carbonyl (C=O) groups excluding carboxylic acids is 1. The second-order valence-electron chi connectivity index (χ2n) is 4.29. The Bertz CT molecular complexity index is 438. The van der Waals surface area contributed by atoms with E-state index in [1.807, 2.05) is 19.9 Å². The standard InChI is InChI=1S/C12H15ClN4O/c1-9(2)8-17(7-3-6-14)12(18)10-4-5-11(13)16-15-10/h4-5,9H,3,7-8H2,1-2H3. The van der Waals surface area contributed by atoms with Gasteiger partial charge in [-0.3, -0.25) is 4.79 Å². The molecule has 6 heteroatoms. The smallest absolute Gasteiger partial charge is 0.274 e. The van der Waals surface area contributed by atoms with Gasteiger partial charge < -0.3 is 4.90 Å². The van der Waals surface area contributed by atoms with E-state index in [9.17, 15) is 4.79 Å². The Morgan fingerprint density at radius 1 is 1.50 bits per heavy atom. The highest BCUT2D eigenvalue weighted by Gasteiger charge is 2.18. The number of halogens is 1. The molecule has 5 nitrogen and oxygen atoms in total. The molecule has 96 valence electrons. The summed E-state index contributed by atoms with van der Waals surface area (Å²) >= 11 is 5.62. The lowest BCUT2D eigenvalue weighted by molar-refractivity contribution is 0.0733. The quantitative estimate of drug-likeness (QED) is 0.819. The van der Waals surface area contributed by atoms with Gasteiger partial charge in [0.15, 0.2) is 10.8 Å². The number of nitrogens with zero attached hydrogens (tertiary/aromatic N) is 4. The number of nitriles is 1. The van der Waals surface area contributed by atoms with E-state index in [4.69, 9.17) is 16.9 Å². The van der Waals surface area contributed by atoms with Gasteiger partial charge in [-0.05, 0) is 18.1 Å². The summed E-state index contributed by atoms with van der Waals surface area (Å²) in [6, 6.07) is 5.10. The fourth-order valence-corrected chi connectivity index (χ4v) is 1.59. The molecular formula is C12H15ClN4O. The zero-order chi connectivity index (χ0) is 13.5. The molecule has 0 unspecified atom stereocenters. The van der Waals surface area contributed by atoms with Crippen LogP contribution < -0.4 is 0 Å². The summed E-state index contributed by atoms with van der Waals surface area (Å²) in [5.41, 5.74) is 0.248. The molecule has 18 heavy (non-hydrogen) atoms. The molecule has 0 aliphatic rings. The minimum Gasteiger partial charge on any atom is -0.336 e. The molecule has 0 aliphatic heterocycles. The Labute approximate surface area is 111 Å². The zero-order valence-corrected chi connectivity index (χ0v) is 11.2. The molecule has 0 aliphatic carbocycles. The van der Waals surface area contributed by atoms with E-state index in [0.29, 0.717) is 25.4 Å². The van der Waals surface area contributed by atoms with Crippen LogP contribution in [-0.4, -0.2) is 34.1 Å². The number of rotatable bonds is 5. The molecule has 1 rings (SSSR count). The largest absolute Gasteiger partial charge is 0.336 e. The summed E-state index contributed by atoms with van der Waals surface area (Å²) in [4.78, 5) is 13.8. The Morgan fingerprint density at radius 2 is 2.22 bits per heavy atom. The van der Waals surface area contributed by atoms with E-state index in [2.05, 4.69) is 10.2 Å². The van der Waals surface area contributed by atoms with Crippen LogP contribution in [0.5, 0.6) is 0 Å². The van der Waals surface area contributed by atoms with Gasteiger partial charge in [0.2, 0.25) is 0 Å². The lowest BCUT2D eigenvalue weighted by atomic mass is 10.2. The highest BCUT2D eigenvalue weighted by atomic mass is 35.5. The van der Waals surface area contributed by atoms with Crippen LogP contribution in [0.3, 0.4) is 0 Å². The molecule has 0 N–H and O–H groups in total. The minimum atomic E-state index is -0.219. The lowest BCUT2D eigenvalue weighted by Crippen LogP contribution is -2.35. The molecule has 0 fully saturated rings. The van der Waals surface area contributed by atoms with Crippen molar-refractivity contribution in [2.75, 3.05) is 13.1 Å². The monoisotopic (exact) mass is 266 g/mol. The van der Waals surface area contributed by atoms with Crippen LogP contribution in [0.15, 0.2) is 12.1 Å². The molecule has 1 heterocycles. The number of hydrogen-bond donors (Lipinski definition) is 0. The lowest BCUT2D eigenvalue weighted by Gasteiger charge is -2.22. The molecule has 0 bridgehead atoms. The second kappa shape index (κ2) is 6.92. The van der Waals surface area contributed by atoms with Crippen LogP contribution >= 0.6 is 11.6 Å². The van der Waals surface area contributed by atoms with Gasteiger partial charge in [0.1, 0.15) is 0 Å². The summed E-state index contributed by atoms with van der Waals surface area (Å²) in [5.74, 6) is 0.107. The maximum absolute atomic E-state index is 12.2. The fraction of sp³-hybridized carbons (Fsp3) is 0.500. The number of amides is 1. The summed E-state index contributed by atoms with van der Waals surface area (Å²) < 4.78 is 0. The first-order chi connectivity index (χ1) is 8.54. The Hall–Kier alpha value is -1.67. The first-order valence-corrected chi connectivity index (χ1v) is 6.08. The predicted octanol–water partition coefficient (Wildman–Crippen LogP) is 2.14. The van der Waals surface area contributed by atoms with E-state index in [1.165, 1.54) is 12.1 Å². The molecule has 1 aromatic heterocycles.